The molecule has 0 saturated carbocycles. The molecule has 2 aromatic heterocycles. The fraction of sp³-hybridized carbons (Fsp3) is 0.300. The van der Waals surface area contributed by atoms with Crippen LogP contribution < -0.4 is 4.74 Å². The molecule has 1 aliphatic heterocycles. The lowest BCUT2D eigenvalue weighted by Crippen LogP contribution is -2.40. The van der Waals surface area contributed by atoms with E-state index in [1.807, 2.05) is 13.8 Å². The minimum atomic E-state index is -2.45. The van der Waals surface area contributed by atoms with Crippen LogP contribution in [0.5, 0.6) is 5.75 Å². The van der Waals surface area contributed by atoms with Crippen LogP contribution in [0.2, 0.25) is 0 Å². The van der Waals surface area contributed by atoms with Crippen LogP contribution in [0.4, 0.5) is 0 Å². The summed E-state index contributed by atoms with van der Waals surface area (Å²) in [7, 11) is 0. The maximum atomic E-state index is 12.7. The van der Waals surface area contributed by atoms with Crippen LogP contribution in [-0.4, -0.2) is 35.3 Å². The summed E-state index contributed by atoms with van der Waals surface area (Å²) in [6.45, 7) is 4.03. The summed E-state index contributed by atoms with van der Waals surface area (Å²) < 4.78 is 33.7. The number of carbonyl (C=O) groups excluding carboxylic acids is 1. The molecule has 3 aromatic rings. The predicted molar refractivity (Wildman–Crippen MR) is 103 cm³/mol. The van der Waals surface area contributed by atoms with E-state index in [0.717, 1.165) is 12.8 Å². The third kappa shape index (κ3) is 3.58. The number of ether oxygens (including phenoxy) is 1. The van der Waals surface area contributed by atoms with Crippen molar-refractivity contribution < 1.29 is 22.8 Å². The van der Waals surface area contributed by atoms with E-state index < -0.39 is 16.7 Å². The first-order chi connectivity index (χ1) is 13.9. The van der Waals surface area contributed by atoms with Gasteiger partial charge in [0.05, 0.1) is 12.0 Å². The number of fused-ring (bicyclic) bond motifs is 1. The number of benzene rings is 1. The molecule has 0 radical (unpaired) electrons. The van der Waals surface area contributed by atoms with Crippen molar-refractivity contribution in [3.8, 4) is 28.6 Å². The van der Waals surface area contributed by atoms with E-state index in [0.29, 0.717) is 28.9 Å². The van der Waals surface area contributed by atoms with Gasteiger partial charge in [0.2, 0.25) is 5.82 Å². The lowest BCUT2D eigenvalue weighted by molar-refractivity contribution is 0.0350. The van der Waals surface area contributed by atoms with Crippen molar-refractivity contribution in [3.63, 3.8) is 0 Å². The SMILES string of the molecule is CCC1(CC)CC(=O)c2cc(-c3nc(-c4ccnc(S(=O)[O-])c4)no3)ccc2O1. The Bertz CT molecular complexity index is 1110. The zero-order chi connectivity index (χ0) is 20.6. The third-order valence-corrected chi connectivity index (χ3v) is 5.78. The smallest absolute Gasteiger partial charge is 0.258 e. The Morgan fingerprint density at radius 2 is 1.97 bits per heavy atom. The van der Waals surface area contributed by atoms with Crippen molar-refractivity contribution in [2.24, 2.45) is 0 Å². The van der Waals surface area contributed by atoms with Crippen LogP contribution in [0.25, 0.3) is 22.8 Å². The zero-order valence-corrected chi connectivity index (χ0v) is 16.7. The van der Waals surface area contributed by atoms with Gasteiger partial charge in [0.25, 0.3) is 5.89 Å². The summed E-state index contributed by atoms with van der Waals surface area (Å²) in [6.07, 6.45) is 3.20. The van der Waals surface area contributed by atoms with Crippen molar-refractivity contribution in [3.05, 3.63) is 42.1 Å². The molecule has 9 heteroatoms. The average molecular weight is 412 g/mol. The van der Waals surface area contributed by atoms with Gasteiger partial charge in [-0.3, -0.25) is 9.00 Å². The van der Waals surface area contributed by atoms with Crippen molar-refractivity contribution >= 4 is 16.9 Å². The van der Waals surface area contributed by atoms with Gasteiger partial charge in [-0.05, 0) is 54.3 Å². The second kappa shape index (κ2) is 7.49. The predicted octanol–water partition coefficient (Wildman–Crippen LogP) is 3.56. The third-order valence-electron chi connectivity index (χ3n) is 5.21. The second-order valence-electron chi connectivity index (χ2n) is 6.84. The van der Waals surface area contributed by atoms with Crippen LogP contribution in [-0.2, 0) is 11.1 Å². The zero-order valence-electron chi connectivity index (χ0n) is 15.9. The summed E-state index contributed by atoms with van der Waals surface area (Å²) in [6, 6.07) is 8.14. The van der Waals surface area contributed by atoms with Crippen LogP contribution in [0.15, 0.2) is 46.1 Å². The number of ketones is 1. The van der Waals surface area contributed by atoms with E-state index in [1.54, 1.807) is 24.3 Å². The molecular formula is C20H18N3O5S-. The van der Waals surface area contributed by atoms with Gasteiger partial charge in [-0.1, -0.05) is 19.0 Å². The highest BCUT2D eigenvalue weighted by molar-refractivity contribution is 7.79. The normalized spacial score (nSPS) is 16.2. The molecule has 150 valence electrons. The largest absolute Gasteiger partial charge is 0.767 e. The Labute approximate surface area is 169 Å². The number of Topliss-reactive ketones (excluding diaryl/α,β-unsaturated/α-hetero) is 1. The fourth-order valence-electron chi connectivity index (χ4n) is 3.37. The first-order valence-electron chi connectivity index (χ1n) is 9.20. The number of aromatic nitrogens is 3. The maximum absolute atomic E-state index is 12.7. The summed E-state index contributed by atoms with van der Waals surface area (Å²) in [5, 5.41) is 3.80. The van der Waals surface area contributed by atoms with Crippen LogP contribution in [0, 0.1) is 0 Å². The Morgan fingerprint density at radius 1 is 1.17 bits per heavy atom. The van der Waals surface area contributed by atoms with Gasteiger partial charge in [0, 0.05) is 17.3 Å². The molecule has 0 amide bonds. The van der Waals surface area contributed by atoms with Gasteiger partial charge in [0.1, 0.15) is 16.4 Å². The van der Waals surface area contributed by atoms with E-state index in [2.05, 4.69) is 15.1 Å². The highest BCUT2D eigenvalue weighted by Gasteiger charge is 2.37. The first-order valence-corrected chi connectivity index (χ1v) is 10.3. The van der Waals surface area contributed by atoms with Crippen molar-refractivity contribution in [2.45, 2.75) is 43.7 Å². The number of rotatable bonds is 5. The molecule has 29 heavy (non-hydrogen) atoms. The summed E-state index contributed by atoms with van der Waals surface area (Å²) in [5.41, 5.74) is 1.08. The van der Waals surface area contributed by atoms with E-state index in [9.17, 15) is 13.6 Å². The van der Waals surface area contributed by atoms with Gasteiger partial charge in [0.15, 0.2) is 5.78 Å². The van der Waals surface area contributed by atoms with Crippen molar-refractivity contribution in [2.75, 3.05) is 0 Å². The van der Waals surface area contributed by atoms with Crippen LogP contribution in [0.1, 0.15) is 43.5 Å². The number of hydrogen-bond donors (Lipinski definition) is 0. The number of pyridine rings is 1. The van der Waals surface area contributed by atoms with E-state index >= 15 is 0 Å². The molecule has 1 unspecified atom stereocenters. The summed E-state index contributed by atoms with van der Waals surface area (Å²) >= 11 is -2.45. The highest BCUT2D eigenvalue weighted by Crippen LogP contribution is 2.39. The van der Waals surface area contributed by atoms with Gasteiger partial charge in [-0.25, -0.2) is 4.98 Å². The van der Waals surface area contributed by atoms with Crippen molar-refractivity contribution in [1.82, 2.24) is 15.1 Å². The number of nitrogens with zero attached hydrogens (tertiary/aromatic N) is 3. The minimum absolute atomic E-state index is 0.0215. The highest BCUT2D eigenvalue weighted by atomic mass is 32.2. The van der Waals surface area contributed by atoms with Gasteiger partial charge < -0.3 is 13.8 Å². The topological polar surface area (TPSA) is 118 Å². The van der Waals surface area contributed by atoms with Gasteiger partial charge in [-0.15, -0.1) is 0 Å². The summed E-state index contributed by atoms with van der Waals surface area (Å²) in [5.74, 6) is 1.03. The Kier molecular flexibility index (Phi) is 5.01. The number of carbonyl (C=O) groups is 1. The summed E-state index contributed by atoms with van der Waals surface area (Å²) in [4.78, 5) is 20.8. The monoisotopic (exact) mass is 412 g/mol. The number of hydrogen-bond acceptors (Lipinski definition) is 8. The van der Waals surface area contributed by atoms with Crippen LogP contribution >= 0.6 is 0 Å². The lowest BCUT2D eigenvalue weighted by atomic mass is 9.85. The molecule has 0 N–H and O–H groups in total. The maximum Gasteiger partial charge on any atom is 0.258 e. The fourth-order valence-corrected chi connectivity index (χ4v) is 3.74. The Balaban J connectivity index is 1.66. The van der Waals surface area contributed by atoms with Crippen molar-refractivity contribution in [1.29, 1.82) is 0 Å². The molecule has 3 heterocycles. The molecule has 0 fully saturated rings. The van der Waals surface area contributed by atoms with E-state index in [1.165, 1.54) is 12.3 Å². The van der Waals surface area contributed by atoms with Gasteiger partial charge >= 0.3 is 0 Å². The lowest BCUT2D eigenvalue weighted by Gasteiger charge is -2.36. The Hall–Kier alpha value is -2.91. The molecule has 8 nitrogen and oxygen atoms in total. The molecule has 0 spiro atoms. The van der Waals surface area contributed by atoms with Crippen LogP contribution in [0.3, 0.4) is 0 Å². The average Bonchev–Trinajstić information content (AvgIpc) is 3.24. The molecule has 1 aliphatic rings. The van der Waals surface area contributed by atoms with E-state index in [4.69, 9.17) is 9.26 Å². The Morgan fingerprint density at radius 3 is 2.69 bits per heavy atom. The molecule has 0 aliphatic carbocycles. The van der Waals surface area contributed by atoms with E-state index in [-0.39, 0.29) is 22.5 Å². The second-order valence-corrected chi connectivity index (χ2v) is 7.73. The molecular weight excluding hydrogens is 394 g/mol. The minimum Gasteiger partial charge on any atom is -0.767 e. The molecule has 0 bridgehead atoms. The molecule has 1 aromatic carbocycles. The molecule has 4 rings (SSSR count). The first kappa shape index (κ1) is 19.4. The quantitative estimate of drug-likeness (QED) is 0.584. The standard InChI is InChI=1S/C20H19N3O5S/c1-3-20(4-2)11-15(24)14-9-13(5-6-16(14)27-20)19-22-18(23-28-19)12-7-8-21-17(10-12)29(25)26/h5-10H,3-4,11H2,1-2H3,(H,25,26)/p-1. The molecule has 0 saturated heterocycles. The molecule has 1 atom stereocenters. The van der Waals surface area contributed by atoms with Gasteiger partial charge in [-0.2, -0.15) is 4.98 Å².